The molecule has 19 heavy (non-hydrogen) atoms. The number of benzene rings is 1. The Kier molecular flexibility index (Phi) is 3.48. The molecule has 0 fully saturated rings. The Bertz CT molecular complexity index is 685. The van der Waals surface area contributed by atoms with Crippen molar-refractivity contribution >= 4 is 27.3 Å². The molecule has 5 heteroatoms. The van der Waals surface area contributed by atoms with Crippen LogP contribution in [0.1, 0.15) is 16.4 Å². The van der Waals surface area contributed by atoms with E-state index in [1.54, 1.807) is 17.7 Å². The van der Waals surface area contributed by atoms with Crippen LogP contribution in [0.2, 0.25) is 0 Å². The van der Waals surface area contributed by atoms with Crippen LogP contribution in [0.5, 0.6) is 0 Å². The molecular formula is C14H12BrN3S. The van der Waals surface area contributed by atoms with Crippen LogP contribution >= 0.6 is 27.3 Å². The van der Waals surface area contributed by atoms with Crippen molar-refractivity contribution in [2.24, 2.45) is 0 Å². The number of nitrogens with one attached hydrogen (secondary N) is 1. The van der Waals surface area contributed by atoms with E-state index >= 15 is 0 Å². The zero-order valence-electron chi connectivity index (χ0n) is 10.4. The molecule has 1 aromatic carbocycles. The summed E-state index contributed by atoms with van der Waals surface area (Å²) in [6, 6.07) is 8.21. The monoisotopic (exact) mass is 333 g/mol. The largest absolute Gasteiger partial charge is 0.348 e. The minimum absolute atomic E-state index is 0.788. The summed E-state index contributed by atoms with van der Waals surface area (Å²) in [5.41, 5.74) is 4.35. The number of rotatable bonds is 3. The van der Waals surface area contributed by atoms with E-state index in [0.717, 1.165) is 38.5 Å². The average Bonchev–Trinajstić information content (AvgIpc) is 3.01. The first-order valence-electron chi connectivity index (χ1n) is 5.91. The normalized spacial score (nSPS) is 10.8. The SMILES string of the molecule is Cc1[nH]cnc1Cc1nc(-c2ccc(Br)cc2)cs1. The van der Waals surface area contributed by atoms with Crippen LogP contribution in [0, 0.1) is 6.92 Å². The zero-order valence-corrected chi connectivity index (χ0v) is 12.8. The predicted molar refractivity (Wildman–Crippen MR) is 81.4 cm³/mol. The fourth-order valence-corrected chi connectivity index (χ4v) is 2.93. The Hall–Kier alpha value is -1.46. The molecule has 0 aliphatic rings. The molecule has 0 unspecified atom stereocenters. The van der Waals surface area contributed by atoms with Crippen LogP contribution in [0.3, 0.4) is 0 Å². The number of aromatic amines is 1. The van der Waals surface area contributed by atoms with E-state index in [0.29, 0.717) is 0 Å². The molecule has 96 valence electrons. The zero-order chi connectivity index (χ0) is 13.2. The molecule has 0 spiro atoms. The molecular weight excluding hydrogens is 322 g/mol. The second kappa shape index (κ2) is 5.27. The Morgan fingerprint density at radius 2 is 2.05 bits per heavy atom. The second-order valence-corrected chi connectivity index (χ2v) is 6.14. The second-order valence-electron chi connectivity index (χ2n) is 4.28. The molecule has 0 saturated heterocycles. The van der Waals surface area contributed by atoms with Crippen molar-refractivity contribution in [3.8, 4) is 11.3 Å². The Morgan fingerprint density at radius 3 is 2.74 bits per heavy atom. The highest BCUT2D eigenvalue weighted by atomic mass is 79.9. The summed E-state index contributed by atoms with van der Waals surface area (Å²) in [5, 5.41) is 3.19. The van der Waals surface area contributed by atoms with E-state index in [2.05, 4.69) is 48.4 Å². The summed E-state index contributed by atoms with van der Waals surface area (Å²) in [4.78, 5) is 12.1. The first kappa shape index (κ1) is 12.6. The van der Waals surface area contributed by atoms with Gasteiger partial charge in [-0.25, -0.2) is 9.97 Å². The van der Waals surface area contributed by atoms with Crippen molar-refractivity contribution < 1.29 is 0 Å². The third kappa shape index (κ3) is 2.77. The van der Waals surface area contributed by atoms with Crippen LogP contribution in [0.25, 0.3) is 11.3 Å². The molecule has 3 rings (SSSR count). The van der Waals surface area contributed by atoms with Crippen molar-refractivity contribution in [3.63, 3.8) is 0 Å². The lowest BCUT2D eigenvalue weighted by atomic mass is 10.2. The minimum atomic E-state index is 0.788. The molecule has 0 atom stereocenters. The van der Waals surface area contributed by atoms with E-state index in [4.69, 9.17) is 0 Å². The molecule has 0 saturated carbocycles. The maximum atomic E-state index is 4.68. The lowest BCUT2D eigenvalue weighted by Gasteiger charge is -1.97. The van der Waals surface area contributed by atoms with Gasteiger partial charge in [0.2, 0.25) is 0 Å². The van der Waals surface area contributed by atoms with Gasteiger partial charge >= 0.3 is 0 Å². The van der Waals surface area contributed by atoms with Crippen LogP contribution < -0.4 is 0 Å². The van der Waals surface area contributed by atoms with Gasteiger partial charge in [-0.05, 0) is 19.1 Å². The van der Waals surface area contributed by atoms with Crippen molar-refractivity contribution in [1.82, 2.24) is 15.0 Å². The number of nitrogens with zero attached hydrogens (tertiary/aromatic N) is 2. The summed E-state index contributed by atoms with van der Waals surface area (Å²) in [5.74, 6) is 0. The van der Waals surface area contributed by atoms with Gasteiger partial charge in [0, 0.05) is 27.5 Å². The molecule has 0 amide bonds. The van der Waals surface area contributed by atoms with Crippen molar-refractivity contribution in [3.05, 3.63) is 56.8 Å². The summed E-state index contributed by atoms with van der Waals surface area (Å²) in [7, 11) is 0. The summed E-state index contributed by atoms with van der Waals surface area (Å²) >= 11 is 5.12. The van der Waals surface area contributed by atoms with E-state index in [1.807, 2.05) is 19.1 Å². The number of halogens is 1. The van der Waals surface area contributed by atoms with Crippen molar-refractivity contribution in [2.75, 3.05) is 0 Å². The average molecular weight is 334 g/mol. The quantitative estimate of drug-likeness (QED) is 0.780. The highest BCUT2D eigenvalue weighted by Gasteiger charge is 2.08. The van der Waals surface area contributed by atoms with E-state index in [9.17, 15) is 0 Å². The van der Waals surface area contributed by atoms with Crippen LogP contribution in [-0.2, 0) is 6.42 Å². The number of aryl methyl sites for hydroxylation is 1. The summed E-state index contributed by atoms with van der Waals surface area (Å²) in [6.07, 6.45) is 2.52. The van der Waals surface area contributed by atoms with E-state index < -0.39 is 0 Å². The van der Waals surface area contributed by atoms with Crippen LogP contribution in [0.4, 0.5) is 0 Å². The van der Waals surface area contributed by atoms with Crippen LogP contribution in [-0.4, -0.2) is 15.0 Å². The maximum absolute atomic E-state index is 4.68. The number of H-pyrrole nitrogens is 1. The Labute approximate surface area is 123 Å². The number of hydrogen-bond acceptors (Lipinski definition) is 3. The first-order chi connectivity index (χ1) is 9.22. The van der Waals surface area contributed by atoms with Gasteiger partial charge in [-0.1, -0.05) is 28.1 Å². The smallest absolute Gasteiger partial charge is 0.0993 e. The highest BCUT2D eigenvalue weighted by molar-refractivity contribution is 9.10. The standard InChI is InChI=1S/C14H12BrN3S/c1-9-12(17-8-16-9)6-14-18-13(7-19-14)10-2-4-11(15)5-3-10/h2-5,7-8H,6H2,1H3,(H,16,17). The molecule has 3 aromatic rings. The van der Waals surface area contributed by atoms with Gasteiger partial charge in [0.05, 0.1) is 22.7 Å². The molecule has 2 aromatic heterocycles. The third-order valence-electron chi connectivity index (χ3n) is 2.94. The van der Waals surface area contributed by atoms with E-state index in [1.165, 1.54) is 0 Å². The van der Waals surface area contributed by atoms with Crippen molar-refractivity contribution in [1.29, 1.82) is 0 Å². The lowest BCUT2D eigenvalue weighted by molar-refractivity contribution is 1.06. The molecule has 3 nitrogen and oxygen atoms in total. The Morgan fingerprint density at radius 1 is 1.26 bits per heavy atom. The fraction of sp³-hybridized carbons (Fsp3) is 0.143. The number of aromatic nitrogens is 3. The maximum Gasteiger partial charge on any atom is 0.0993 e. The van der Waals surface area contributed by atoms with Crippen molar-refractivity contribution in [2.45, 2.75) is 13.3 Å². The van der Waals surface area contributed by atoms with Gasteiger partial charge in [-0.3, -0.25) is 0 Å². The molecule has 1 N–H and O–H groups in total. The van der Waals surface area contributed by atoms with Crippen LogP contribution in [0.15, 0.2) is 40.4 Å². The topological polar surface area (TPSA) is 41.6 Å². The van der Waals surface area contributed by atoms with Gasteiger partial charge in [0.1, 0.15) is 0 Å². The Balaban J connectivity index is 1.83. The van der Waals surface area contributed by atoms with Gasteiger partial charge in [0.25, 0.3) is 0 Å². The number of hydrogen-bond donors (Lipinski definition) is 1. The first-order valence-corrected chi connectivity index (χ1v) is 7.59. The molecule has 0 radical (unpaired) electrons. The fourth-order valence-electron chi connectivity index (χ4n) is 1.85. The van der Waals surface area contributed by atoms with Gasteiger partial charge < -0.3 is 4.98 Å². The highest BCUT2D eigenvalue weighted by Crippen LogP contribution is 2.24. The third-order valence-corrected chi connectivity index (χ3v) is 4.32. The number of imidazole rings is 1. The summed E-state index contributed by atoms with van der Waals surface area (Å²) < 4.78 is 1.08. The molecule has 0 aliphatic carbocycles. The lowest BCUT2D eigenvalue weighted by Crippen LogP contribution is -1.90. The minimum Gasteiger partial charge on any atom is -0.348 e. The summed E-state index contributed by atoms with van der Waals surface area (Å²) in [6.45, 7) is 2.03. The van der Waals surface area contributed by atoms with Gasteiger partial charge in [-0.2, -0.15) is 0 Å². The predicted octanol–water partition coefficient (Wildman–Crippen LogP) is 4.19. The molecule has 0 bridgehead atoms. The number of thiazole rings is 1. The van der Waals surface area contributed by atoms with E-state index in [-0.39, 0.29) is 0 Å². The van der Waals surface area contributed by atoms with Gasteiger partial charge in [0.15, 0.2) is 0 Å². The molecule has 0 aliphatic heterocycles. The van der Waals surface area contributed by atoms with Gasteiger partial charge in [-0.15, -0.1) is 11.3 Å². The molecule has 2 heterocycles.